The third-order valence-electron chi connectivity index (χ3n) is 3.89. The Morgan fingerprint density at radius 3 is 2.64 bits per heavy atom. The van der Waals surface area contributed by atoms with Gasteiger partial charge in [0.2, 0.25) is 0 Å². The van der Waals surface area contributed by atoms with Gasteiger partial charge in [0.15, 0.2) is 0 Å². The van der Waals surface area contributed by atoms with E-state index in [9.17, 15) is 0 Å². The molecule has 0 bridgehead atoms. The molecule has 3 rings (SSSR count). The highest BCUT2D eigenvalue weighted by atomic mass is 16.6. The molecule has 0 unspecified atom stereocenters. The molecule has 0 radical (unpaired) electrons. The summed E-state index contributed by atoms with van der Waals surface area (Å²) in [6, 6.07) is 17.4. The van der Waals surface area contributed by atoms with Crippen molar-refractivity contribution in [3.63, 3.8) is 0 Å². The topological polar surface area (TPSA) is 71.8 Å². The maximum absolute atomic E-state index is 8.88. The molecule has 2 N–H and O–H groups in total. The van der Waals surface area contributed by atoms with E-state index < -0.39 is 7.32 Å². The Morgan fingerprint density at radius 1 is 1.00 bits per heavy atom. The van der Waals surface area contributed by atoms with Gasteiger partial charge in [0.1, 0.15) is 5.75 Å². The lowest BCUT2D eigenvalue weighted by Crippen LogP contribution is -2.20. The number of benzene rings is 2. The van der Waals surface area contributed by atoms with Crippen LogP contribution in [0.25, 0.3) is 10.9 Å². The van der Waals surface area contributed by atoms with Crippen LogP contribution >= 0.6 is 0 Å². The minimum atomic E-state index is -1.83. The highest BCUT2D eigenvalue weighted by molar-refractivity contribution is 6.33. The van der Waals surface area contributed by atoms with Crippen molar-refractivity contribution < 1.29 is 19.4 Å². The number of nitrogens with zero attached hydrogens (tertiary/aromatic N) is 1. The van der Waals surface area contributed by atoms with Gasteiger partial charge >= 0.3 is 7.32 Å². The molecular weight excluding hydrogens is 317 g/mol. The lowest BCUT2D eigenvalue weighted by molar-refractivity contribution is 0.119. The molecule has 0 spiro atoms. The van der Waals surface area contributed by atoms with E-state index in [0.717, 1.165) is 23.7 Å². The van der Waals surface area contributed by atoms with Crippen LogP contribution < -0.4 is 4.65 Å². The maximum Gasteiger partial charge on any atom is 0.707 e. The zero-order valence-corrected chi connectivity index (χ0v) is 13.8. The number of aromatic nitrogens is 1. The van der Waals surface area contributed by atoms with Gasteiger partial charge in [0.25, 0.3) is 0 Å². The monoisotopic (exact) mass is 337 g/mol. The average Bonchev–Trinajstić information content (AvgIpc) is 2.61. The molecule has 2 aromatic carbocycles. The molecule has 0 saturated heterocycles. The van der Waals surface area contributed by atoms with Crippen LogP contribution in [0.1, 0.15) is 17.5 Å². The Labute approximate surface area is 147 Å². The molecule has 0 atom stereocenters. The number of ether oxygens (including phenoxy) is 1. The maximum atomic E-state index is 8.88. The number of aryl methyl sites for hydroxylation is 1. The molecule has 3 aromatic rings. The summed E-state index contributed by atoms with van der Waals surface area (Å²) in [5.74, 6) is 0.373. The van der Waals surface area contributed by atoms with Crippen LogP contribution in [-0.4, -0.2) is 29.0 Å². The van der Waals surface area contributed by atoms with Crippen LogP contribution in [0.4, 0.5) is 0 Å². The van der Waals surface area contributed by atoms with E-state index in [0.29, 0.717) is 19.0 Å². The SMILES string of the molecule is OB(O)Oc1ccc2c(CCCOCc3ccccc3)ccnc2c1. The minimum absolute atomic E-state index is 0.373. The van der Waals surface area contributed by atoms with Gasteiger partial charge in [-0.15, -0.1) is 0 Å². The summed E-state index contributed by atoms with van der Waals surface area (Å²) in [5, 5.41) is 18.8. The number of pyridine rings is 1. The van der Waals surface area contributed by atoms with E-state index in [2.05, 4.69) is 17.1 Å². The first-order chi connectivity index (χ1) is 12.2. The first kappa shape index (κ1) is 17.4. The van der Waals surface area contributed by atoms with Crippen molar-refractivity contribution in [2.45, 2.75) is 19.4 Å². The predicted octanol–water partition coefficient (Wildman–Crippen LogP) is 2.73. The van der Waals surface area contributed by atoms with Gasteiger partial charge in [0.05, 0.1) is 12.1 Å². The van der Waals surface area contributed by atoms with Crippen molar-refractivity contribution in [1.29, 1.82) is 0 Å². The van der Waals surface area contributed by atoms with E-state index in [1.807, 2.05) is 30.3 Å². The lowest BCUT2D eigenvalue weighted by atomic mass is 10.0. The Hall–Kier alpha value is -2.41. The van der Waals surface area contributed by atoms with Gasteiger partial charge in [-0.3, -0.25) is 4.98 Å². The van der Waals surface area contributed by atoms with Gasteiger partial charge < -0.3 is 19.4 Å². The smallest absolute Gasteiger partial charge is 0.512 e. The van der Waals surface area contributed by atoms with E-state index in [1.165, 1.54) is 11.1 Å². The number of hydrogen-bond acceptors (Lipinski definition) is 5. The second kappa shape index (κ2) is 8.62. The van der Waals surface area contributed by atoms with E-state index in [1.54, 1.807) is 18.3 Å². The van der Waals surface area contributed by atoms with E-state index in [-0.39, 0.29) is 0 Å². The van der Waals surface area contributed by atoms with Crippen molar-refractivity contribution in [2.24, 2.45) is 0 Å². The largest absolute Gasteiger partial charge is 0.707 e. The Balaban J connectivity index is 1.56. The number of hydrogen-bond donors (Lipinski definition) is 2. The molecule has 128 valence electrons. The third-order valence-corrected chi connectivity index (χ3v) is 3.89. The molecule has 5 nitrogen and oxygen atoms in total. The van der Waals surface area contributed by atoms with Gasteiger partial charge in [-0.1, -0.05) is 30.3 Å². The van der Waals surface area contributed by atoms with Crippen LogP contribution in [0.15, 0.2) is 60.8 Å². The molecule has 0 saturated carbocycles. The first-order valence-electron chi connectivity index (χ1n) is 8.24. The highest BCUT2D eigenvalue weighted by Gasteiger charge is 2.12. The standard InChI is InChI=1S/C19H20BNO4/c22-20(23)25-17-8-9-18-16(10-11-21-19(18)13-17)7-4-12-24-14-15-5-2-1-3-6-15/h1-3,5-6,8-11,13,22-23H,4,7,12,14H2. The fraction of sp³-hybridized carbons (Fsp3) is 0.211. The van der Waals surface area contributed by atoms with Crippen LogP contribution in [0.3, 0.4) is 0 Å². The zero-order chi connectivity index (χ0) is 17.5. The van der Waals surface area contributed by atoms with Crippen molar-refractivity contribution in [2.75, 3.05) is 6.61 Å². The summed E-state index contributed by atoms with van der Waals surface area (Å²) in [5.41, 5.74) is 3.13. The van der Waals surface area contributed by atoms with Crippen LogP contribution in [0.5, 0.6) is 5.75 Å². The molecule has 0 aliphatic rings. The lowest BCUT2D eigenvalue weighted by Gasteiger charge is -2.09. The second-order valence-electron chi connectivity index (χ2n) is 5.73. The third kappa shape index (κ3) is 5.03. The Kier molecular flexibility index (Phi) is 6.01. The van der Waals surface area contributed by atoms with Crippen molar-refractivity contribution in [1.82, 2.24) is 4.98 Å². The molecule has 0 aliphatic heterocycles. The highest BCUT2D eigenvalue weighted by Crippen LogP contribution is 2.23. The van der Waals surface area contributed by atoms with E-state index >= 15 is 0 Å². The summed E-state index contributed by atoms with van der Waals surface area (Å²) in [6.07, 6.45) is 3.55. The summed E-state index contributed by atoms with van der Waals surface area (Å²) in [6.45, 7) is 1.32. The molecule has 25 heavy (non-hydrogen) atoms. The minimum Gasteiger partial charge on any atom is -0.512 e. The average molecular weight is 337 g/mol. The molecule has 1 heterocycles. The second-order valence-corrected chi connectivity index (χ2v) is 5.73. The van der Waals surface area contributed by atoms with Crippen LogP contribution in [0, 0.1) is 0 Å². The van der Waals surface area contributed by atoms with Crippen molar-refractivity contribution >= 4 is 18.2 Å². The van der Waals surface area contributed by atoms with Gasteiger partial charge in [-0.05, 0) is 42.2 Å². The first-order valence-corrected chi connectivity index (χ1v) is 8.24. The fourth-order valence-corrected chi connectivity index (χ4v) is 2.73. The Bertz CT molecular complexity index is 811. The molecule has 1 aromatic heterocycles. The van der Waals surface area contributed by atoms with Gasteiger partial charge in [-0.25, -0.2) is 0 Å². The molecular formula is C19H20BNO4. The van der Waals surface area contributed by atoms with Crippen LogP contribution in [0.2, 0.25) is 0 Å². The number of fused-ring (bicyclic) bond motifs is 1. The summed E-state index contributed by atoms with van der Waals surface area (Å²) < 4.78 is 10.6. The fourth-order valence-electron chi connectivity index (χ4n) is 2.73. The normalized spacial score (nSPS) is 10.8. The number of rotatable bonds is 8. The van der Waals surface area contributed by atoms with E-state index in [4.69, 9.17) is 19.4 Å². The summed E-state index contributed by atoms with van der Waals surface area (Å²) in [7, 11) is -1.83. The zero-order valence-electron chi connectivity index (χ0n) is 13.8. The van der Waals surface area contributed by atoms with Crippen molar-refractivity contribution in [3.05, 3.63) is 71.9 Å². The van der Waals surface area contributed by atoms with Gasteiger partial charge in [-0.2, -0.15) is 0 Å². The molecule has 0 amide bonds. The summed E-state index contributed by atoms with van der Waals surface area (Å²) >= 11 is 0. The van der Waals surface area contributed by atoms with Gasteiger partial charge in [0, 0.05) is 24.3 Å². The van der Waals surface area contributed by atoms with Crippen molar-refractivity contribution in [3.8, 4) is 5.75 Å². The molecule has 6 heteroatoms. The Morgan fingerprint density at radius 2 is 1.84 bits per heavy atom. The van der Waals surface area contributed by atoms with Crippen LogP contribution in [-0.2, 0) is 17.8 Å². The quantitative estimate of drug-likeness (QED) is 0.488. The molecule has 0 fully saturated rings. The predicted molar refractivity (Wildman–Crippen MR) is 97.0 cm³/mol. The molecule has 0 aliphatic carbocycles. The summed E-state index contributed by atoms with van der Waals surface area (Å²) in [4.78, 5) is 4.32.